The Hall–Kier alpha value is 1.10. The van der Waals surface area contributed by atoms with E-state index in [1.807, 2.05) is 20.3 Å². The fraction of sp³-hybridized carbons (Fsp3) is 0.714. The first-order chi connectivity index (χ1) is 3.15. The van der Waals surface area contributed by atoms with E-state index >= 15 is 0 Å². The second-order valence-corrected chi connectivity index (χ2v) is 2.08. The third-order valence-electron chi connectivity index (χ3n) is 0. The monoisotopic (exact) mass is 189 g/mol. The molecule has 0 rings (SSSR count). The molecule has 1 radical (unpaired) electrons. The van der Waals surface area contributed by atoms with Gasteiger partial charge in [-0.2, -0.15) is 34.6 Å². The molecule has 49 valence electrons. The summed E-state index contributed by atoms with van der Waals surface area (Å²) in [5, 5.41) is 0. The molecule has 0 saturated heterocycles. The van der Waals surface area contributed by atoms with Gasteiger partial charge in [0.1, 0.15) is 0 Å². The van der Waals surface area contributed by atoms with Crippen molar-refractivity contribution in [1.82, 2.24) is 0 Å². The summed E-state index contributed by atoms with van der Waals surface area (Å²) >= 11 is 0. The molecule has 0 atom stereocenters. The molecule has 0 aromatic heterocycles. The zero-order valence-electron chi connectivity index (χ0n) is 6.65. The van der Waals surface area contributed by atoms with Crippen molar-refractivity contribution in [3.8, 4) is 0 Å². The number of rotatable bonds is 0. The van der Waals surface area contributed by atoms with Crippen LogP contribution in [-0.4, -0.2) is 0 Å². The van der Waals surface area contributed by atoms with Crippen LogP contribution in [0.2, 0.25) is 0 Å². The maximum absolute atomic E-state index is 2.08. The van der Waals surface area contributed by atoms with Crippen molar-refractivity contribution in [2.75, 3.05) is 0 Å². The summed E-state index contributed by atoms with van der Waals surface area (Å²) in [7, 11) is 0. The molecule has 0 amide bonds. The van der Waals surface area contributed by atoms with Gasteiger partial charge in [0.2, 0.25) is 0 Å². The van der Waals surface area contributed by atoms with E-state index in [1.165, 1.54) is 5.92 Å². The van der Waals surface area contributed by atoms with E-state index < -0.39 is 0 Å². The molecule has 8 heavy (non-hydrogen) atoms. The molecular formula is C7H16Y-2. The Kier molecular flexibility index (Phi) is 31.5. The van der Waals surface area contributed by atoms with Gasteiger partial charge in [-0.15, -0.1) is 0 Å². The molecule has 0 fully saturated rings. The van der Waals surface area contributed by atoms with Crippen LogP contribution in [0.3, 0.4) is 0 Å². The molecule has 0 aliphatic carbocycles. The fourth-order valence-electron chi connectivity index (χ4n) is 0. The second-order valence-electron chi connectivity index (χ2n) is 2.08. The summed E-state index contributed by atoms with van der Waals surface area (Å²) in [6, 6.07) is 0. The fourth-order valence-corrected chi connectivity index (χ4v) is 0. The van der Waals surface area contributed by atoms with Crippen LogP contribution in [0.1, 0.15) is 34.6 Å². The van der Waals surface area contributed by atoms with Crippen molar-refractivity contribution in [2.24, 2.45) is 0 Å². The Morgan fingerprint density at radius 1 is 1.00 bits per heavy atom. The van der Waals surface area contributed by atoms with Gasteiger partial charge < -0.3 is 12.3 Å². The smallest absolute Gasteiger partial charge is 0 e. The van der Waals surface area contributed by atoms with Crippen LogP contribution in [-0.2, 0) is 32.7 Å². The molecule has 1 heteroatoms. The van der Waals surface area contributed by atoms with Crippen LogP contribution in [0, 0.1) is 12.3 Å². The summed E-state index contributed by atoms with van der Waals surface area (Å²) in [6.45, 7) is 10.2. The number of hydrogen-bond acceptors (Lipinski definition) is 0. The number of hydrogen-bond donors (Lipinski definition) is 0. The van der Waals surface area contributed by atoms with Gasteiger partial charge in [-0.05, 0) is 0 Å². The molecule has 0 spiro atoms. The van der Waals surface area contributed by atoms with E-state index in [2.05, 4.69) is 20.8 Å². The van der Waals surface area contributed by atoms with Crippen LogP contribution in [0.5, 0.6) is 0 Å². The van der Waals surface area contributed by atoms with Gasteiger partial charge in [0, 0.05) is 32.7 Å². The van der Waals surface area contributed by atoms with Gasteiger partial charge >= 0.3 is 0 Å². The molecule has 0 aromatic carbocycles. The van der Waals surface area contributed by atoms with Gasteiger partial charge in [-0.25, -0.2) is 0 Å². The van der Waals surface area contributed by atoms with Gasteiger partial charge in [0.25, 0.3) is 0 Å². The molecule has 0 heterocycles. The minimum Gasteiger partial charge on any atom is -0.335 e. The van der Waals surface area contributed by atoms with Crippen molar-refractivity contribution in [1.29, 1.82) is 0 Å². The van der Waals surface area contributed by atoms with Gasteiger partial charge in [0.05, 0.1) is 0 Å². The largest absolute Gasteiger partial charge is 0.335 e. The van der Waals surface area contributed by atoms with E-state index in [-0.39, 0.29) is 32.7 Å². The molecule has 0 aliphatic rings. The van der Waals surface area contributed by atoms with Crippen LogP contribution >= 0.6 is 0 Å². The zero-order chi connectivity index (χ0) is 6.28. The maximum atomic E-state index is 2.08. The molecule has 0 N–H and O–H groups in total. The molecule has 0 unspecified atom stereocenters. The van der Waals surface area contributed by atoms with E-state index in [1.54, 1.807) is 0 Å². The van der Waals surface area contributed by atoms with Gasteiger partial charge in [-0.1, -0.05) is 0 Å². The topological polar surface area (TPSA) is 0 Å². The summed E-state index contributed by atoms with van der Waals surface area (Å²) in [5.74, 6) is 1.42. The second kappa shape index (κ2) is 15.7. The van der Waals surface area contributed by atoms with Crippen LogP contribution in [0.4, 0.5) is 0 Å². The molecule has 0 aliphatic heterocycles. The van der Waals surface area contributed by atoms with Crippen molar-refractivity contribution in [3.05, 3.63) is 12.3 Å². The maximum Gasteiger partial charge on any atom is 0 e. The standard InChI is InChI=1S/C4H9.C3H7.Y/c1-4(2)3;1-3-2;/h1-3H3;3H,1-2H3;/q2*-1;. The Morgan fingerprint density at radius 2 is 1.00 bits per heavy atom. The SMILES string of the molecule is C[C-](C)C.C[CH-]C.[Y]. The van der Waals surface area contributed by atoms with Crippen molar-refractivity contribution < 1.29 is 32.7 Å². The molecule has 0 aromatic rings. The Morgan fingerprint density at radius 3 is 1.00 bits per heavy atom. The average Bonchev–Trinajstić information content (AvgIpc) is 1.33. The molecular weight excluding hydrogens is 173 g/mol. The van der Waals surface area contributed by atoms with Crippen molar-refractivity contribution in [3.63, 3.8) is 0 Å². The first-order valence-corrected chi connectivity index (χ1v) is 2.65. The summed E-state index contributed by atoms with van der Waals surface area (Å²) in [5.41, 5.74) is 0. The predicted molar refractivity (Wildman–Crippen MR) is 35.9 cm³/mol. The molecule has 0 nitrogen and oxygen atoms in total. The van der Waals surface area contributed by atoms with E-state index in [0.717, 1.165) is 0 Å². The molecule has 0 saturated carbocycles. The van der Waals surface area contributed by atoms with E-state index in [9.17, 15) is 0 Å². The first-order valence-electron chi connectivity index (χ1n) is 2.65. The zero-order valence-corrected chi connectivity index (χ0v) is 9.49. The summed E-state index contributed by atoms with van der Waals surface area (Å²) in [6.07, 6.45) is 2.00. The molecule has 0 bridgehead atoms. The Balaban J connectivity index is -0.0000000575. The van der Waals surface area contributed by atoms with Crippen LogP contribution in [0.25, 0.3) is 0 Å². The summed E-state index contributed by atoms with van der Waals surface area (Å²) in [4.78, 5) is 0. The normalized spacial score (nSPS) is 6.75. The van der Waals surface area contributed by atoms with Crippen LogP contribution < -0.4 is 0 Å². The quantitative estimate of drug-likeness (QED) is 0.514. The minimum atomic E-state index is 0. The third kappa shape index (κ3) is 217. The summed E-state index contributed by atoms with van der Waals surface area (Å²) < 4.78 is 0. The van der Waals surface area contributed by atoms with E-state index in [0.29, 0.717) is 0 Å². The minimum absolute atomic E-state index is 0. The third-order valence-corrected chi connectivity index (χ3v) is 0. The Bertz CT molecular complexity index is 15.6. The Labute approximate surface area is 79.3 Å². The predicted octanol–water partition coefficient (Wildman–Crippen LogP) is 2.85. The van der Waals surface area contributed by atoms with Gasteiger partial charge in [-0.3, -0.25) is 0 Å². The van der Waals surface area contributed by atoms with E-state index in [4.69, 9.17) is 0 Å². The van der Waals surface area contributed by atoms with Crippen molar-refractivity contribution >= 4 is 0 Å². The first kappa shape index (κ1) is 16.0. The van der Waals surface area contributed by atoms with Crippen LogP contribution in [0.15, 0.2) is 0 Å². The average molecular weight is 189 g/mol. The van der Waals surface area contributed by atoms with Gasteiger partial charge in [0.15, 0.2) is 0 Å². The van der Waals surface area contributed by atoms with Crippen molar-refractivity contribution in [2.45, 2.75) is 34.6 Å².